The molecular weight excluding hydrogens is 441 g/mol. The zero-order chi connectivity index (χ0) is 24.2. The average Bonchev–Trinajstić information content (AvgIpc) is 2.78. The van der Waals surface area contributed by atoms with Crippen LogP contribution in [-0.4, -0.2) is 28.9 Å². The van der Waals surface area contributed by atoms with Gasteiger partial charge < -0.3 is 20.5 Å². The van der Waals surface area contributed by atoms with Gasteiger partial charge in [0.2, 0.25) is 0 Å². The molecule has 1 amide bonds. The molecule has 4 N–H and O–H groups in total. The quantitative estimate of drug-likeness (QED) is 0.455. The second kappa shape index (κ2) is 10.1. The number of halogens is 1. The first-order chi connectivity index (χ1) is 15.7. The number of aromatic nitrogens is 1. The lowest BCUT2D eigenvalue weighted by Gasteiger charge is -2.28. The number of nitrogens with two attached hydrogens (primary N) is 1. The van der Waals surface area contributed by atoms with Gasteiger partial charge in [-0.25, -0.2) is 4.39 Å². The standard InChI is InChI=1S/C22H22FN5O2S.C2H6/c1-12-9-15(14-10-13(23)7-8-16(14)25-12)21(29)26-22(2,3)11-30-18-6-4-5-17-19(18)20(24)28-31-27-17;1-2/h4-10,27H,11H2,1-3H3,(H2,24,28)(H,26,29);1-2H3. The third-order valence-corrected chi connectivity index (χ3v) is 5.37. The monoisotopic (exact) mass is 469 g/mol. The summed E-state index contributed by atoms with van der Waals surface area (Å²) in [4.78, 5) is 17.4. The summed E-state index contributed by atoms with van der Waals surface area (Å²) in [5, 5.41) is 3.44. The predicted molar refractivity (Wildman–Crippen MR) is 133 cm³/mol. The average molecular weight is 470 g/mol. The van der Waals surface area contributed by atoms with Crippen LogP contribution in [0.2, 0.25) is 0 Å². The first-order valence-electron chi connectivity index (χ1n) is 10.6. The third kappa shape index (κ3) is 5.54. The molecule has 0 spiro atoms. The lowest BCUT2D eigenvalue weighted by Crippen LogP contribution is -2.48. The van der Waals surface area contributed by atoms with Crippen LogP contribution < -0.4 is 20.5 Å². The fraction of sp³-hybridized carbons (Fsp3) is 0.292. The van der Waals surface area contributed by atoms with E-state index in [1.165, 1.54) is 12.1 Å². The molecule has 2 heterocycles. The van der Waals surface area contributed by atoms with Gasteiger partial charge in [-0.2, -0.15) is 4.40 Å². The fourth-order valence-electron chi connectivity index (χ4n) is 3.35. The SMILES string of the molecule is CC.Cc1cc(C(=O)NC(C)(C)COc2cccc3c2C(N)=NSN3)c2cc(F)ccc2n1. The molecule has 0 unspecified atom stereocenters. The van der Waals surface area contributed by atoms with Crippen molar-refractivity contribution in [2.45, 2.75) is 40.2 Å². The van der Waals surface area contributed by atoms with Crippen LogP contribution in [0.3, 0.4) is 0 Å². The molecule has 7 nitrogen and oxygen atoms in total. The third-order valence-electron chi connectivity index (χ3n) is 4.77. The van der Waals surface area contributed by atoms with Gasteiger partial charge in [0.1, 0.15) is 24.0 Å². The summed E-state index contributed by atoms with van der Waals surface area (Å²) in [7, 11) is 0. The molecule has 0 atom stereocenters. The van der Waals surface area contributed by atoms with Crippen LogP contribution in [0, 0.1) is 12.7 Å². The van der Waals surface area contributed by atoms with Gasteiger partial charge in [-0.05, 0) is 57.2 Å². The van der Waals surface area contributed by atoms with Crippen LogP contribution >= 0.6 is 12.1 Å². The lowest BCUT2D eigenvalue weighted by atomic mass is 10.0. The number of nitrogens with one attached hydrogen (secondary N) is 2. The van der Waals surface area contributed by atoms with Gasteiger partial charge in [-0.1, -0.05) is 19.9 Å². The molecule has 0 radical (unpaired) electrons. The second-order valence-corrected chi connectivity index (χ2v) is 8.52. The zero-order valence-electron chi connectivity index (χ0n) is 19.3. The first kappa shape index (κ1) is 24.3. The number of anilines is 1. The maximum atomic E-state index is 13.8. The maximum Gasteiger partial charge on any atom is 0.252 e. The van der Waals surface area contributed by atoms with Crippen molar-refractivity contribution in [1.82, 2.24) is 10.3 Å². The minimum atomic E-state index is -0.723. The summed E-state index contributed by atoms with van der Waals surface area (Å²) >= 11 is 1.16. The Morgan fingerprint density at radius 2 is 2.00 bits per heavy atom. The van der Waals surface area contributed by atoms with Gasteiger partial charge in [0.25, 0.3) is 5.91 Å². The van der Waals surface area contributed by atoms with E-state index in [0.29, 0.717) is 39.3 Å². The van der Waals surface area contributed by atoms with Crippen molar-refractivity contribution in [3.05, 3.63) is 65.1 Å². The summed E-state index contributed by atoms with van der Waals surface area (Å²) in [5.41, 5.74) is 8.42. The molecule has 0 fully saturated rings. The normalized spacial score (nSPS) is 12.6. The van der Waals surface area contributed by atoms with E-state index < -0.39 is 11.4 Å². The van der Waals surface area contributed by atoms with Crippen molar-refractivity contribution < 1.29 is 13.9 Å². The molecule has 1 aliphatic heterocycles. The van der Waals surface area contributed by atoms with Crippen LogP contribution in [0.25, 0.3) is 10.9 Å². The van der Waals surface area contributed by atoms with Crippen molar-refractivity contribution in [1.29, 1.82) is 0 Å². The van der Waals surface area contributed by atoms with Crippen LogP contribution in [0.4, 0.5) is 10.1 Å². The highest BCUT2D eigenvalue weighted by molar-refractivity contribution is 7.99. The van der Waals surface area contributed by atoms with Crippen molar-refractivity contribution in [2.75, 3.05) is 11.3 Å². The first-order valence-corrected chi connectivity index (χ1v) is 11.4. The minimum Gasteiger partial charge on any atom is -0.490 e. The number of hydrogen-bond acceptors (Lipinski definition) is 7. The fourth-order valence-corrected chi connectivity index (χ4v) is 3.86. The topological polar surface area (TPSA) is 102 Å². The number of ether oxygens (including phenoxy) is 1. The number of hydrogen-bond donors (Lipinski definition) is 3. The number of carbonyl (C=O) groups is 1. The molecule has 4 rings (SSSR count). The van der Waals surface area contributed by atoms with E-state index in [1.807, 2.05) is 39.8 Å². The number of carbonyl (C=O) groups excluding carboxylic acids is 1. The van der Waals surface area contributed by atoms with E-state index in [2.05, 4.69) is 19.4 Å². The Bertz CT molecular complexity index is 1210. The minimum absolute atomic E-state index is 0.186. The number of benzene rings is 2. The summed E-state index contributed by atoms with van der Waals surface area (Å²) in [6.45, 7) is 9.68. The molecule has 33 heavy (non-hydrogen) atoms. The number of rotatable bonds is 5. The lowest BCUT2D eigenvalue weighted by molar-refractivity contribution is 0.0882. The van der Waals surface area contributed by atoms with Crippen molar-refractivity contribution in [3.8, 4) is 5.75 Å². The molecule has 1 aromatic heterocycles. The van der Waals surface area contributed by atoms with Crippen molar-refractivity contribution in [2.24, 2.45) is 10.1 Å². The molecule has 3 aromatic rings. The Morgan fingerprint density at radius 3 is 2.76 bits per heavy atom. The van der Waals surface area contributed by atoms with Crippen LogP contribution in [0.1, 0.15) is 49.3 Å². The van der Waals surface area contributed by atoms with Crippen LogP contribution in [0.5, 0.6) is 5.75 Å². The molecule has 0 saturated heterocycles. The van der Waals surface area contributed by atoms with Gasteiger partial charge in [-0.3, -0.25) is 9.78 Å². The van der Waals surface area contributed by atoms with Gasteiger partial charge in [-0.15, -0.1) is 0 Å². The molecule has 9 heteroatoms. The molecule has 1 aliphatic rings. The molecule has 0 saturated carbocycles. The number of aryl methyl sites for hydroxylation is 1. The highest BCUT2D eigenvalue weighted by Gasteiger charge is 2.25. The van der Waals surface area contributed by atoms with E-state index in [9.17, 15) is 9.18 Å². The number of pyridine rings is 1. The Hall–Kier alpha value is -3.33. The van der Waals surface area contributed by atoms with Crippen molar-refractivity contribution in [3.63, 3.8) is 0 Å². The largest absolute Gasteiger partial charge is 0.490 e. The van der Waals surface area contributed by atoms with Gasteiger partial charge in [0.05, 0.1) is 40.0 Å². The van der Waals surface area contributed by atoms with Crippen LogP contribution in [-0.2, 0) is 0 Å². The smallest absolute Gasteiger partial charge is 0.252 e. The molecule has 0 bridgehead atoms. The van der Waals surface area contributed by atoms with E-state index in [4.69, 9.17) is 10.5 Å². The molecule has 0 aliphatic carbocycles. The van der Waals surface area contributed by atoms with Gasteiger partial charge in [0, 0.05) is 11.1 Å². The zero-order valence-corrected chi connectivity index (χ0v) is 20.1. The number of amidine groups is 1. The summed E-state index contributed by atoms with van der Waals surface area (Å²) in [6, 6.07) is 11.4. The number of amides is 1. The predicted octanol–water partition coefficient (Wildman–Crippen LogP) is 4.99. The van der Waals surface area contributed by atoms with Gasteiger partial charge in [0.15, 0.2) is 0 Å². The Balaban J connectivity index is 0.00000149. The van der Waals surface area contributed by atoms with Crippen LogP contribution in [0.15, 0.2) is 46.9 Å². The van der Waals surface area contributed by atoms with Crippen molar-refractivity contribution >= 4 is 40.5 Å². The number of nitrogens with zero attached hydrogens (tertiary/aromatic N) is 2. The highest BCUT2D eigenvalue weighted by atomic mass is 32.2. The van der Waals surface area contributed by atoms with E-state index in [1.54, 1.807) is 25.1 Å². The number of fused-ring (bicyclic) bond motifs is 2. The van der Waals surface area contributed by atoms with Gasteiger partial charge >= 0.3 is 0 Å². The summed E-state index contributed by atoms with van der Waals surface area (Å²) < 4.78 is 27.0. The molecule has 174 valence electrons. The van der Waals surface area contributed by atoms with E-state index >= 15 is 0 Å². The summed E-state index contributed by atoms with van der Waals surface area (Å²) in [5.74, 6) is 0.191. The van der Waals surface area contributed by atoms with E-state index in [0.717, 1.165) is 17.8 Å². The second-order valence-electron chi connectivity index (χ2n) is 7.95. The highest BCUT2D eigenvalue weighted by Crippen LogP contribution is 2.32. The maximum absolute atomic E-state index is 13.8. The Kier molecular flexibility index (Phi) is 7.43. The summed E-state index contributed by atoms with van der Waals surface area (Å²) in [6.07, 6.45) is 0. The Morgan fingerprint density at radius 1 is 1.24 bits per heavy atom. The Labute approximate surface area is 197 Å². The molecule has 2 aromatic carbocycles. The van der Waals surface area contributed by atoms with E-state index in [-0.39, 0.29) is 12.5 Å². The molecular formula is C24H28FN5O2S.